The second-order valence-corrected chi connectivity index (χ2v) is 9.16. The fourth-order valence-corrected chi connectivity index (χ4v) is 4.98. The molecule has 0 radical (unpaired) electrons. The number of rotatable bonds is 9. The number of aliphatic hydroxyl groups is 4. The van der Waals surface area contributed by atoms with E-state index in [2.05, 4.69) is 6.92 Å². The number of ether oxygens (including phenoxy) is 2. The fraction of sp³-hybridized carbons (Fsp3) is 0.458. The number of aromatic nitrogens is 2. The highest BCUT2D eigenvalue weighted by Crippen LogP contribution is 2.35. The maximum Gasteiger partial charge on any atom is 0.171 e. The monoisotopic (exact) mass is 474 g/mol. The molecule has 1 aliphatic heterocycles. The second-order valence-electron chi connectivity index (χ2n) is 8.09. The maximum absolute atomic E-state index is 10.5. The van der Waals surface area contributed by atoms with Gasteiger partial charge in [-0.25, -0.2) is 4.98 Å². The first kappa shape index (κ1) is 24.0. The molecule has 1 aromatic heterocycles. The summed E-state index contributed by atoms with van der Waals surface area (Å²) in [5.74, 6) is 0.813. The van der Waals surface area contributed by atoms with Gasteiger partial charge in [0.1, 0.15) is 35.6 Å². The third kappa shape index (κ3) is 5.18. The molecular formula is C24H30N2O6S. The molecular weight excluding hydrogens is 444 g/mol. The molecule has 2 heterocycles. The third-order valence-corrected chi connectivity index (χ3v) is 6.89. The molecule has 8 nitrogen and oxygen atoms in total. The Morgan fingerprint density at radius 3 is 2.58 bits per heavy atom. The molecule has 0 bridgehead atoms. The fourth-order valence-electron chi connectivity index (χ4n) is 3.84. The number of unbranched alkanes of at least 4 members (excludes halogenated alkanes) is 1. The Bertz CT molecular complexity index is 1060. The summed E-state index contributed by atoms with van der Waals surface area (Å²) in [5, 5.41) is 40.9. The number of imidazole rings is 1. The number of aliphatic hydroxyl groups excluding tert-OH is 4. The summed E-state index contributed by atoms with van der Waals surface area (Å²) in [6, 6.07) is 15.6. The van der Waals surface area contributed by atoms with Gasteiger partial charge in [0.05, 0.1) is 30.8 Å². The lowest BCUT2D eigenvalue weighted by atomic mass is 10.0. The van der Waals surface area contributed by atoms with Crippen LogP contribution >= 0.6 is 11.8 Å². The third-order valence-electron chi connectivity index (χ3n) is 5.75. The number of fused-ring (bicyclic) bond motifs is 1. The van der Waals surface area contributed by atoms with Crippen LogP contribution < -0.4 is 4.74 Å². The Labute approximate surface area is 196 Å². The zero-order chi connectivity index (χ0) is 23.4. The molecule has 0 saturated carbocycles. The highest BCUT2D eigenvalue weighted by molar-refractivity contribution is 7.99. The van der Waals surface area contributed by atoms with Gasteiger partial charge in [-0.15, -0.1) is 0 Å². The lowest BCUT2D eigenvalue weighted by Gasteiger charge is -2.39. The summed E-state index contributed by atoms with van der Waals surface area (Å²) < 4.78 is 13.7. The molecule has 1 aliphatic rings. The van der Waals surface area contributed by atoms with Crippen molar-refractivity contribution in [2.75, 3.05) is 13.2 Å². The lowest BCUT2D eigenvalue weighted by molar-refractivity contribution is -0.205. The minimum atomic E-state index is -1.43. The van der Waals surface area contributed by atoms with Gasteiger partial charge in [0.25, 0.3) is 0 Å². The van der Waals surface area contributed by atoms with Crippen LogP contribution in [0, 0.1) is 0 Å². The molecule has 3 aromatic rings. The van der Waals surface area contributed by atoms with Gasteiger partial charge in [-0.1, -0.05) is 55.4 Å². The van der Waals surface area contributed by atoms with Crippen molar-refractivity contribution in [2.45, 2.75) is 61.3 Å². The van der Waals surface area contributed by atoms with E-state index in [9.17, 15) is 20.4 Å². The van der Waals surface area contributed by atoms with Crippen molar-refractivity contribution in [1.29, 1.82) is 0 Å². The molecule has 9 heteroatoms. The summed E-state index contributed by atoms with van der Waals surface area (Å²) in [4.78, 5) is 4.72. The van der Waals surface area contributed by atoms with Crippen LogP contribution in [0.2, 0.25) is 0 Å². The normalized spacial score (nSPS) is 25.4. The van der Waals surface area contributed by atoms with Crippen molar-refractivity contribution in [3.05, 3.63) is 54.1 Å². The van der Waals surface area contributed by atoms with E-state index >= 15 is 0 Å². The molecule has 2 aromatic carbocycles. The Balaban J connectivity index is 1.65. The van der Waals surface area contributed by atoms with Gasteiger partial charge < -0.3 is 34.5 Å². The van der Waals surface area contributed by atoms with Crippen LogP contribution in [0.1, 0.15) is 25.3 Å². The Morgan fingerprint density at radius 2 is 1.79 bits per heavy atom. The highest BCUT2D eigenvalue weighted by atomic mass is 32.2. The zero-order valence-electron chi connectivity index (χ0n) is 18.4. The lowest BCUT2D eigenvalue weighted by Crippen LogP contribution is -2.57. The number of thioether (sulfide) groups is 1. The largest absolute Gasteiger partial charge is 0.493 e. The molecule has 4 rings (SSSR count). The molecule has 0 spiro atoms. The minimum Gasteiger partial charge on any atom is -0.493 e. The van der Waals surface area contributed by atoms with E-state index in [0.717, 1.165) is 46.9 Å². The summed E-state index contributed by atoms with van der Waals surface area (Å²) in [7, 11) is 0. The van der Waals surface area contributed by atoms with E-state index in [1.165, 1.54) is 0 Å². The Kier molecular flexibility index (Phi) is 7.90. The first-order valence-corrected chi connectivity index (χ1v) is 12.0. The molecule has 1 fully saturated rings. The van der Waals surface area contributed by atoms with Crippen LogP contribution in [0.25, 0.3) is 11.0 Å². The van der Waals surface area contributed by atoms with Crippen LogP contribution in [-0.4, -0.2) is 73.0 Å². The van der Waals surface area contributed by atoms with E-state index in [1.54, 1.807) is 0 Å². The number of para-hydroxylation sites is 3. The predicted octanol–water partition coefficient (Wildman–Crippen LogP) is 2.16. The van der Waals surface area contributed by atoms with Crippen LogP contribution in [0.15, 0.2) is 53.7 Å². The van der Waals surface area contributed by atoms with Gasteiger partial charge in [0, 0.05) is 5.56 Å². The summed E-state index contributed by atoms with van der Waals surface area (Å²) in [6.45, 7) is 2.78. The quantitative estimate of drug-likeness (QED) is 0.349. The SMILES string of the molecule is CCCCOc1ccccc1Cn1c(SC2OC(CO)C(O)C(O)C2O)nc2ccccc21. The first-order chi connectivity index (χ1) is 16.0. The van der Waals surface area contributed by atoms with Gasteiger partial charge in [-0.3, -0.25) is 0 Å². The maximum atomic E-state index is 10.5. The number of benzene rings is 2. The van der Waals surface area contributed by atoms with Crippen molar-refractivity contribution in [1.82, 2.24) is 9.55 Å². The summed E-state index contributed by atoms with van der Waals surface area (Å²) >= 11 is 1.15. The van der Waals surface area contributed by atoms with Gasteiger partial charge >= 0.3 is 0 Å². The molecule has 0 amide bonds. The zero-order valence-corrected chi connectivity index (χ0v) is 19.3. The minimum absolute atomic E-state index is 0.471. The van der Waals surface area contributed by atoms with Crippen molar-refractivity contribution in [3.8, 4) is 5.75 Å². The molecule has 4 N–H and O–H groups in total. The molecule has 1 saturated heterocycles. The van der Waals surface area contributed by atoms with Crippen LogP contribution in [-0.2, 0) is 11.3 Å². The second kappa shape index (κ2) is 10.9. The van der Waals surface area contributed by atoms with E-state index in [-0.39, 0.29) is 0 Å². The van der Waals surface area contributed by atoms with Crippen LogP contribution in [0.3, 0.4) is 0 Å². The average Bonchev–Trinajstić information content (AvgIpc) is 3.17. The standard InChI is InChI=1S/C24H30N2O6S/c1-2-3-12-31-18-11-7-4-8-15(18)13-26-17-10-6-5-9-16(17)25-24(26)33-23-22(30)21(29)20(28)19(14-27)32-23/h4-11,19-23,27-30H,2-3,12-14H2,1H3. The summed E-state index contributed by atoms with van der Waals surface area (Å²) in [5.41, 5.74) is 1.78. The molecule has 33 heavy (non-hydrogen) atoms. The number of hydrogen-bond donors (Lipinski definition) is 4. The smallest absolute Gasteiger partial charge is 0.171 e. The number of nitrogens with zero attached hydrogens (tertiary/aromatic N) is 2. The highest BCUT2D eigenvalue weighted by Gasteiger charge is 2.44. The van der Waals surface area contributed by atoms with Crippen molar-refractivity contribution < 1.29 is 29.9 Å². The average molecular weight is 475 g/mol. The Hall–Kier alpha value is -2.14. The number of hydrogen-bond acceptors (Lipinski definition) is 8. The van der Waals surface area contributed by atoms with Gasteiger partial charge in [-0.05, 0) is 24.6 Å². The van der Waals surface area contributed by atoms with E-state index < -0.39 is 36.5 Å². The van der Waals surface area contributed by atoms with Gasteiger partial charge in [0.15, 0.2) is 5.16 Å². The van der Waals surface area contributed by atoms with Gasteiger partial charge in [-0.2, -0.15) is 0 Å². The first-order valence-electron chi connectivity index (χ1n) is 11.2. The predicted molar refractivity (Wildman–Crippen MR) is 125 cm³/mol. The van der Waals surface area contributed by atoms with E-state index in [4.69, 9.17) is 14.5 Å². The van der Waals surface area contributed by atoms with Crippen molar-refractivity contribution in [3.63, 3.8) is 0 Å². The van der Waals surface area contributed by atoms with Gasteiger partial charge in [0.2, 0.25) is 0 Å². The van der Waals surface area contributed by atoms with Crippen LogP contribution in [0.4, 0.5) is 0 Å². The molecule has 5 unspecified atom stereocenters. The van der Waals surface area contributed by atoms with Crippen LogP contribution in [0.5, 0.6) is 5.75 Å². The van der Waals surface area contributed by atoms with E-state index in [0.29, 0.717) is 18.3 Å². The van der Waals surface area contributed by atoms with Crippen molar-refractivity contribution in [2.24, 2.45) is 0 Å². The molecule has 178 valence electrons. The van der Waals surface area contributed by atoms with E-state index in [1.807, 2.05) is 53.1 Å². The topological polar surface area (TPSA) is 117 Å². The molecule has 5 atom stereocenters. The Morgan fingerprint density at radius 1 is 1.03 bits per heavy atom. The summed E-state index contributed by atoms with van der Waals surface area (Å²) in [6.07, 6.45) is -3.11. The van der Waals surface area contributed by atoms with Crippen molar-refractivity contribution >= 4 is 22.8 Å². The molecule has 0 aliphatic carbocycles.